The third-order valence-electron chi connectivity index (χ3n) is 1.73. The first-order valence-corrected chi connectivity index (χ1v) is 3.76. The van der Waals surface area contributed by atoms with Gasteiger partial charge in [-0.15, -0.1) is 0 Å². The molecule has 4 nitrogen and oxygen atoms in total. The van der Waals surface area contributed by atoms with Crippen molar-refractivity contribution < 1.29 is 0 Å². The van der Waals surface area contributed by atoms with Crippen molar-refractivity contribution in [3.05, 3.63) is 18.0 Å². The maximum atomic E-state index is 5.27. The summed E-state index contributed by atoms with van der Waals surface area (Å²) < 4.78 is 1.88. The highest BCUT2D eigenvalue weighted by Gasteiger charge is 2.03. The second kappa shape index (κ2) is 3.50. The number of hydrazine groups is 1. The lowest BCUT2D eigenvalue weighted by molar-refractivity contribution is 0.599. The number of aryl methyl sites for hydroxylation is 1. The van der Waals surface area contributed by atoms with Crippen molar-refractivity contribution in [3.8, 4) is 0 Å². The normalized spacial score (nSPS) is 13.4. The van der Waals surface area contributed by atoms with Crippen molar-refractivity contribution >= 4 is 0 Å². The van der Waals surface area contributed by atoms with Gasteiger partial charge in [0, 0.05) is 24.3 Å². The van der Waals surface area contributed by atoms with Crippen molar-refractivity contribution in [1.29, 1.82) is 0 Å². The molecule has 0 radical (unpaired) electrons. The molecule has 1 aromatic rings. The van der Waals surface area contributed by atoms with E-state index in [1.165, 1.54) is 0 Å². The molecule has 0 bridgehead atoms. The van der Waals surface area contributed by atoms with Crippen LogP contribution in [0.5, 0.6) is 0 Å². The summed E-state index contributed by atoms with van der Waals surface area (Å²) in [5.41, 5.74) is 3.79. The van der Waals surface area contributed by atoms with Gasteiger partial charge >= 0.3 is 0 Å². The van der Waals surface area contributed by atoms with Gasteiger partial charge in [-0.2, -0.15) is 5.10 Å². The van der Waals surface area contributed by atoms with E-state index in [0.29, 0.717) is 0 Å². The van der Waals surface area contributed by atoms with Crippen molar-refractivity contribution in [2.24, 2.45) is 5.84 Å². The lowest BCUT2D eigenvalue weighted by Crippen LogP contribution is -2.25. The molecule has 11 heavy (non-hydrogen) atoms. The Balaban J connectivity index is 2.71. The van der Waals surface area contributed by atoms with Crippen LogP contribution in [0.1, 0.15) is 25.5 Å². The summed E-state index contributed by atoms with van der Waals surface area (Å²) in [4.78, 5) is 0. The van der Waals surface area contributed by atoms with Crippen molar-refractivity contribution in [2.75, 3.05) is 0 Å². The van der Waals surface area contributed by atoms with Gasteiger partial charge in [-0.1, -0.05) is 0 Å². The zero-order chi connectivity index (χ0) is 8.27. The minimum Gasteiger partial charge on any atom is -0.273 e. The van der Waals surface area contributed by atoms with Gasteiger partial charge in [0.1, 0.15) is 0 Å². The Morgan fingerprint density at radius 2 is 2.55 bits per heavy atom. The average molecular weight is 154 g/mol. The molecule has 0 aliphatic carbocycles. The van der Waals surface area contributed by atoms with Crippen LogP contribution in [0, 0.1) is 0 Å². The molecule has 62 valence electrons. The first-order valence-electron chi connectivity index (χ1n) is 3.76. The summed E-state index contributed by atoms with van der Waals surface area (Å²) in [7, 11) is 0. The highest BCUT2D eigenvalue weighted by atomic mass is 15.3. The minimum absolute atomic E-state index is 0.176. The Kier molecular flexibility index (Phi) is 2.62. The van der Waals surface area contributed by atoms with E-state index in [1.807, 2.05) is 24.0 Å². The van der Waals surface area contributed by atoms with Gasteiger partial charge in [-0.3, -0.25) is 16.0 Å². The monoisotopic (exact) mass is 154 g/mol. The zero-order valence-electron chi connectivity index (χ0n) is 6.91. The van der Waals surface area contributed by atoms with E-state index < -0.39 is 0 Å². The lowest BCUT2D eigenvalue weighted by Gasteiger charge is -2.04. The van der Waals surface area contributed by atoms with Crippen LogP contribution in [0.25, 0.3) is 0 Å². The number of nitrogens with one attached hydrogen (secondary N) is 1. The predicted octanol–water partition coefficient (Wildman–Crippen LogP) is 0.427. The number of hydrogen-bond donors (Lipinski definition) is 2. The van der Waals surface area contributed by atoms with Crippen LogP contribution >= 0.6 is 0 Å². The SMILES string of the molecule is CCn1cc(C(C)NN)cn1. The van der Waals surface area contributed by atoms with E-state index in [2.05, 4.69) is 17.4 Å². The van der Waals surface area contributed by atoms with Gasteiger partial charge in [-0.25, -0.2) is 0 Å². The molecule has 0 fully saturated rings. The Morgan fingerprint density at radius 3 is 3.00 bits per heavy atom. The van der Waals surface area contributed by atoms with Crippen molar-refractivity contribution in [1.82, 2.24) is 15.2 Å². The van der Waals surface area contributed by atoms with Crippen LogP contribution in [0.3, 0.4) is 0 Å². The maximum Gasteiger partial charge on any atom is 0.0538 e. The second-order valence-electron chi connectivity index (χ2n) is 2.52. The van der Waals surface area contributed by atoms with Gasteiger partial charge in [0.15, 0.2) is 0 Å². The van der Waals surface area contributed by atoms with Crippen LogP contribution in [0.4, 0.5) is 0 Å². The third-order valence-corrected chi connectivity index (χ3v) is 1.73. The Bertz CT molecular complexity index is 218. The Labute approximate surface area is 66.4 Å². The van der Waals surface area contributed by atoms with Crippen LogP contribution in [0.2, 0.25) is 0 Å². The summed E-state index contributed by atoms with van der Waals surface area (Å²) in [6.07, 6.45) is 3.82. The molecule has 1 rings (SSSR count). The predicted molar refractivity (Wildman–Crippen MR) is 43.6 cm³/mol. The molecule has 4 heteroatoms. The largest absolute Gasteiger partial charge is 0.273 e. The molecule has 1 heterocycles. The van der Waals surface area contributed by atoms with E-state index in [4.69, 9.17) is 5.84 Å². The fourth-order valence-electron chi connectivity index (χ4n) is 0.872. The lowest BCUT2D eigenvalue weighted by atomic mass is 10.2. The van der Waals surface area contributed by atoms with Crippen LogP contribution in [-0.2, 0) is 6.54 Å². The number of rotatable bonds is 3. The smallest absolute Gasteiger partial charge is 0.0538 e. The molecule has 0 saturated carbocycles. The third kappa shape index (κ3) is 1.78. The molecule has 0 amide bonds. The summed E-state index contributed by atoms with van der Waals surface area (Å²) >= 11 is 0. The molecule has 1 unspecified atom stereocenters. The molecule has 1 atom stereocenters. The van der Waals surface area contributed by atoms with E-state index in [0.717, 1.165) is 12.1 Å². The molecule has 3 N–H and O–H groups in total. The molecular formula is C7H14N4. The summed E-state index contributed by atoms with van der Waals surface area (Å²) in [5, 5.41) is 4.12. The van der Waals surface area contributed by atoms with Crippen molar-refractivity contribution in [2.45, 2.75) is 26.4 Å². The average Bonchev–Trinajstić information content (AvgIpc) is 2.50. The molecule has 0 aliphatic heterocycles. The quantitative estimate of drug-likeness (QED) is 0.490. The van der Waals surface area contributed by atoms with Crippen molar-refractivity contribution in [3.63, 3.8) is 0 Å². The van der Waals surface area contributed by atoms with E-state index in [9.17, 15) is 0 Å². The first kappa shape index (κ1) is 8.23. The second-order valence-corrected chi connectivity index (χ2v) is 2.52. The summed E-state index contributed by atoms with van der Waals surface area (Å²) in [6, 6.07) is 0.176. The number of nitrogens with two attached hydrogens (primary N) is 1. The van der Waals surface area contributed by atoms with E-state index in [1.54, 1.807) is 0 Å². The fourth-order valence-corrected chi connectivity index (χ4v) is 0.872. The van der Waals surface area contributed by atoms with Gasteiger partial charge in [0.05, 0.1) is 6.20 Å². The highest BCUT2D eigenvalue weighted by molar-refractivity contribution is 5.08. The summed E-state index contributed by atoms with van der Waals surface area (Å²) in [5.74, 6) is 5.27. The van der Waals surface area contributed by atoms with Gasteiger partial charge < -0.3 is 0 Å². The van der Waals surface area contributed by atoms with Crippen LogP contribution in [-0.4, -0.2) is 9.78 Å². The standard InChI is InChI=1S/C7H14N4/c1-3-11-5-7(4-9-11)6(2)10-8/h4-6,10H,3,8H2,1-2H3. The van der Waals surface area contributed by atoms with E-state index in [-0.39, 0.29) is 6.04 Å². The fraction of sp³-hybridized carbons (Fsp3) is 0.571. The number of nitrogens with zero attached hydrogens (tertiary/aromatic N) is 2. The summed E-state index contributed by atoms with van der Waals surface area (Å²) in [6.45, 7) is 4.95. The van der Waals surface area contributed by atoms with Crippen LogP contribution in [0.15, 0.2) is 12.4 Å². The molecule has 1 aromatic heterocycles. The topological polar surface area (TPSA) is 55.9 Å². The minimum atomic E-state index is 0.176. The first-order chi connectivity index (χ1) is 5.27. The zero-order valence-corrected chi connectivity index (χ0v) is 6.91. The Morgan fingerprint density at radius 1 is 1.82 bits per heavy atom. The highest BCUT2D eigenvalue weighted by Crippen LogP contribution is 2.08. The Hall–Kier alpha value is -0.870. The molecule has 0 aliphatic rings. The molecule has 0 aromatic carbocycles. The number of aromatic nitrogens is 2. The molecular weight excluding hydrogens is 140 g/mol. The van der Waals surface area contributed by atoms with Gasteiger partial charge in [0.25, 0.3) is 0 Å². The van der Waals surface area contributed by atoms with Gasteiger partial charge in [0.2, 0.25) is 0 Å². The van der Waals surface area contributed by atoms with Crippen LogP contribution < -0.4 is 11.3 Å². The molecule has 0 saturated heterocycles. The van der Waals surface area contributed by atoms with Gasteiger partial charge in [-0.05, 0) is 13.8 Å². The maximum absolute atomic E-state index is 5.27. The molecule has 0 spiro atoms. The number of hydrogen-bond acceptors (Lipinski definition) is 3. The van der Waals surface area contributed by atoms with E-state index >= 15 is 0 Å².